The van der Waals surface area contributed by atoms with Crippen molar-refractivity contribution in [3.05, 3.63) is 83.1 Å². The molecule has 1 aliphatic heterocycles. The van der Waals surface area contributed by atoms with Crippen molar-refractivity contribution < 1.29 is 14.0 Å². The van der Waals surface area contributed by atoms with E-state index in [1.165, 1.54) is 6.07 Å². The van der Waals surface area contributed by atoms with Gasteiger partial charge < -0.3 is 10.2 Å². The van der Waals surface area contributed by atoms with Crippen molar-refractivity contribution in [3.8, 4) is 11.3 Å². The molecule has 1 aliphatic rings. The van der Waals surface area contributed by atoms with E-state index < -0.39 is 5.82 Å². The van der Waals surface area contributed by atoms with Crippen LogP contribution in [0.1, 0.15) is 53.5 Å². The van der Waals surface area contributed by atoms with Crippen LogP contribution in [0.2, 0.25) is 0 Å². The Hall–Kier alpha value is -3.61. The zero-order chi connectivity index (χ0) is 22.0. The first-order valence-electron chi connectivity index (χ1n) is 10.1. The largest absolute Gasteiger partial charge is 0.392 e. The summed E-state index contributed by atoms with van der Waals surface area (Å²) in [6.07, 6.45) is 3.60. The van der Waals surface area contributed by atoms with Gasteiger partial charge >= 0.3 is 0 Å². The predicted octanol–water partition coefficient (Wildman–Crippen LogP) is 4.60. The molecule has 158 valence electrons. The smallest absolute Gasteiger partial charge is 0.251 e. The number of carbonyl (C=O) groups is 1. The number of nitrogens with one attached hydrogen (secondary N) is 1. The zero-order valence-electron chi connectivity index (χ0n) is 17.6. The van der Waals surface area contributed by atoms with Crippen molar-refractivity contribution in [1.82, 2.24) is 15.3 Å². The van der Waals surface area contributed by atoms with Crippen LogP contribution in [0.5, 0.6) is 0 Å². The Morgan fingerprint density at radius 2 is 1.94 bits per heavy atom. The van der Waals surface area contributed by atoms with E-state index in [1.54, 1.807) is 31.3 Å². The molecule has 3 heterocycles. The van der Waals surface area contributed by atoms with E-state index in [-0.39, 0.29) is 18.1 Å². The Bertz CT molecular complexity index is 1130. The van der Waals surface area contributed by atoms with Gasteiger partial charge in [0, 0.05) is 29.3 Å². The molecule has 0 radical (unpaired) electrons. The Morgan fingerprint density at radius 1 is 1.13 bits per heavy atom. The quantitative estimate of drug-likeness (QED) is 0.657. The number of halogens is 1. The summed E-state index contributed by atoms with van der Waals surface area (Å²) in [5.74, 6) is -0.680. The molecule has 0 aliphatic carbocycles. The van der Waals surface area contributed by atoms with Gasteiger partial charge in [-0.15, -0.1) is 0 Å². The Morgan fingerprint density at radius 3 is 2.58 bits per heavy atom. The van der Waals surface area contributed by atoms with Crippen molar-refractivity contribution >= 4 is 11.6 Å². The maximum Gasteiger partial charge on any atom is 0.251 e. The highest BCUT2D eigenvalue weighted by molar-refractivity contribution is 6.05. The fourth-order valence-corrected chi connectivity index (χ4v) is 3.38. The minimum Gasteiger partial charge on any atom is -0.392 e. The van der Waals surface area contributed by atoms with Crippen molar-refractivity contribution in [1.29, 1.82) is 0 Å². The number of nitrogens with zero attached hydrogens (tertiary/aromatic N) is 3. The van der Waals surface area contributed by atoms with Crippen LogP contribution in [0, 0.1) is 12.7 Å². The van der Waals surface area contributed by atoms with Crippen molar-refractivity contribution in [2.24, 2.45) is 5.16 Å². The summed E-state index contributed by atoms with van der Waals surface area (Å²) in [6, 6.07) is 12.0. The number of hydrogen-bond donors (Lipinski definition) is 1. The number of carbonyl (C=O) groups excluding carboxylic acids is 1. The average molecular weight is 418 g/mol. The summed E-state index contributed by atoms with van der Waals surface area (Å²) in [7, 11) is 0. The first kappa shape index (κ1) is 20.7. The minimum absolute atomic E-state index is 0.00185. The molecule has 0 fully saturated rings. The number of rotatable bonds is 5. The summed E-state index contributed by atoms with van der Waals surface area (Å²) in [4.78, 5) is 27.0. The van der Waals surface area contributed by atoms with Crippen LogP contribution in [0.25, 0.3) is 11.3 Å². The van der Waals surface area contributed by atoms with Gasteiger partial charge in [-0.25, -0.2) is 4.39 Å². The molecule has 7 heteroatoms. The van der Waals surface area contributed by atoms with Gasteiger partial charge in [0.2, 0.25) is 0 Å². The number of benzene rings is 1. The fourth-order valence-electron chi connectivity index (χ4n) is 3.38. The molecule has 0 bridgehead atoms. The lowest BCUT2D eigenvalue weighted by molar-refractivity contribution is 0.0939. The van der Waals surface area contributed by atoms with Crippen LogP contribution in [0.15, 0.2) is 60.0 Å². The molecule has 3 aromatic rings. The van der Waals surface area contributed by atoms with Gasteiger partial charge in [-0.05, 0) is 62.7 Å². The predicted molar refractivity (Wildman–Crippen MR) is 116 cm³/mol. The van der Waals surface area contributed by atoms with Crippen LogP contribution >= 0.6 is 0 Å². The van der Waals surface area contributed by atoms with Gasteiger partial charge in [0.15, 0.2) is 0 Å². The molecule has 2 atom stereocenters. The Kier molecular flexibility index (Phi) is 5.75. The number of pyridine rings is 2. The van der Waals surface area contributed by atoms with Gasteiger partial charge in [0.25, 0.3) is 5.91 Å². The maximum atomic E-state index is 13.2. The molecule has 1 N–H and O–H groups in total. The van der Waals surface area contributed by atoms with E-state index >= 15 is 0 Å². The molecular weight excluding hydrogens is 395 g/mol. The molecule has 0 saturated heterocycles. The fraction of sp³-hybridized carbons (Fsp3) is 0.250. The lowest BCUT2D eigenvalue weighted by atomic mass is 9.97. The van der Waals surface area contributed by atoms with Gasteiger partial charge in [0.05, 0.1) is 29.3 Å². The van der Waals surface area contributed by atoms with Gasteiger partial charge in [-0.3, -0.25) is 14.8 Å². The van der Waals surface area contributed by atoms with E-state index in [0.717, 1.165) is 34.3 Å². The lowest BCUT2D eigenvalue weighted by Gasteiger charge is -2.15. The summed E-state index contributed by atoms with van der Waals surface area (Å²) in [5.41, 5.74) is 5.31. The standard InChI is InChI=1S/C24H23FN4O2/c1-14-4-6-22(26-12-14)17-9-18(23-8-15(2)31-29-23)11-19(10-17)24(30)28-16(3)21-7-5-20(25)13-27-21/h4-7,9-13,15-16H,8H2,1-3H3,(H,28,30)/t15?,16-/m1/s1. The summed E-state index contributed by atoms with van der Waals surface area (Å²) < 4.78 is 13.2. The van der Waals surface area contributed by atoms with E-state index in [1.807, 2.05) is 32.0 Å². The molecule has 1 unspecified atom stereocenters. The number of aromatic nitrogens is 2. The van der Waals surface area contributed by atoms with E-state index in [0.29, 0.717) is 17.7 Å². The second-order valence-corrected chi connectivity index (χ2v) is 7.77. The topological polar surface area (TPSA) is 76.5 Å². The molecule has 4 rings (SSSR count). The SMILES string of the molecule is Cc1ccc(-c2cc(C(=O)N[C@H](C)c3ccc(F)cn3)cc(C3=NOC(C)C3)c2)nc1. The summed E-state index contributed by atoms with van der Waals surface area (Å²) >= 11 is 0. The monoisotopic (exact) mass is 418 g/mol. The van der Waals surface area contributed by atoms with Crippen molar-refractivity contribution in [3.63, 3.8) is 0 Å². The van der Waals surface area contributed by atoms with E-state index in [4.69, 9.17) is 4.84 Å². The molecular formula is C24H23FN4O2. The highest BCUT2D eigenvalue weighted by Gasteiger charge is 2.21. The van der Waals surface area contributed by atoms with Gasteiger partial charge in [-0.2, -0.15) is 0 Å². The molecule has 0 saturated carbocycles. The molecule has 1 aromatic carbocycles. The van der Waals surface area contributed by atoms with Crippen molar-refractivity contribution in [2.75, 3.05) is 0 Å². The van der Waals surface area contributed by atoms with E-state index in [2.05, 4.69) is 20.4 Å². The molecule has 2 aromatic heterocycles. The maximum absolute atomic E-state index is 13.2. The Balaban J connectivity index is 1.66. The highest BCUT2D eigenvalue weighted by atomic mass is 19.1. The van der Waals surface area contributed by atoms with Crippen molar-refractivity contribution in [2.45, 2.75) is 39.3 Å². The first-order valence-corrected chi connectivity index (χ1v) is 10.1. The second kappa shape index (κ2) is 8.63. The number of oxime groups is 1. The highest BCUT2D eigenvalue weighted by Crippen LogP contribution is 2.25. The zero-order valence-corrected chi connectivity index (χ0v) is 17.6. The molecule has 6 nitrogen and oxygen atoms in total. The lowest BCUT2D eigenvalue weighted by Crippen LogP contribution is -2.27. The molecule has 1 amide bonds. The second-order valence-electron chi connectivity index (χ2n) is 7.77. The van der Waals surface area contributed by atoms with Crippen LogP contribution in [0.4, 0.5) is 4.39 Å². The van der Waals surface area contributed by atoms with Crippen LogP contribution in [-0.4, -0.2) is 27.7 Å². The normalized spacial score (nSPS) is 16.4. The number of aryl methyl sites for hydroxylation is 1. The average Bonchev–Trinajstić information content (AvgIpc) is 3.20. The third kappa shape index (κ3) is 4.77. The number of amides is 1. The van der Waals surface area contributed by atoms with Gasteiger partial charge in [0.1, 0.15) is 11.9 Å². The van der Waals surface area contributed by atoms with Crippen LogP contribution in [0.3, 0.4) is 0 Å². The van der Waals surface area contributed by atoms with Crippen LogP contribution in [-0.2, 0) is 4.84 Å². The Labute approximate surface area is 180 Å². The van der Waals surface area contributed by atoms with Gasteiger partial charge in [-0.1, -0.05) is 11.2 Å². The minimum atomic E-state index is -0.418. The third-order valence-electron chi connectivity index (χ3n) is 5.10. The third-order valence-corrected chi connectivity index (χ3v) is 5.10. The van der Waals surface area contributed by atoms with E-state index in [9.17, 15) is 9.18 Å². The molecule has 0 spiro atoms. The van der Waals surface area contributed by atoms with Crippen LogP contribution < -0.4 is 5.32 Å². The first-order chi connectivity index (χ1) is 14.9. The summed E-state index contributed by atoms with van der Waals surface area (Å²) in [5, 5.41) is 7.10. The summed E-state index contributed by atoms with van der Waals surface area (Å²) in [6.45, 7) is 5.73. The number of hydrogen-bond acceptors (Lipinski definition) is 5. The molecule has 31 heavy (non-hydrogen) atoms.